The van der Waals surface area contributed by atoms with Crippen LogP contribution in [-0.2, 0) is 11.3 Å². The van der Waals surface area contributed by atoms with Gasteiger partial charge in [-0.05, 0) is 29.3 Å². The fourth-order valence-corrected chi connectivity index (χ4v) is 4.12. The predicted molar refractivity (Wildman–Crippen MR) is 112 cm³/mol. The Morgan fingerprint density at radius 3 is 2.70 bits per heavy atom. The van der Waals surface area contributed by atoms with Crippen LogP contribution in [0.2, 0.25) is 0 Å². The number of methoxy groups -OCH3 is 1. The van der Waals surface area contributed by atoms with E-state index in [2.05, 4.69) is 10.2 Å². The lowest BCUT2D eigenvalue weighted by Gasteiger charge is -2.13. The van der Waals surface area contributed by atoms with Crippen molar-refractivity contribution in [1.29, 1.82) is 0 Å². The fraction of sp³-hybridized carbons (Fsp3) is 0.0952. The van der Waals surface area contributed by atoms with E-state index in [4.69, 9.17) is 4.74 Å². The zero-order valence-corrected chi connectivity index (χ0v) is 16.7. The van der Waals surface area contributed by atoms with Crippen LogP contribution in [0.15, 0.2) is 70.7 Å². The van der Waals surface area contributed by atoms with Gasteiger partial charge in [0.25, 0.3) is 5.69 Å². The van der Waals surface area contributed by atoms with E-state index < -0.39 is 4.92 Å². The molecule has 4 aromatic rings. The number of hydrogen-bond donors (Lipinski definition) is 0. The number of fused-ring (bicyclic) bond motifs is 1. The van der Waals surface area contributed by atoms with Crippen molar-refractivity contribution in [2.75, 3.05) is 7.11 Å². The Hall–Kier alpha value is -3.56. The van der Waals surface area contributed by atoms with Gasteiger partial charge >= 0.3 is 0 Å². The Labute approximate surface area is 175 Å². The summed E-state index contributed by atoms with van der Waals surface area (Å²) in [5.74, 6) is 0.573. The average molecular weight is 420 g/mol. The largest absolute Gasteiger partial charge is 0.377 e. The van der Waals surface area contributed by atoms with Crippen LogP contribution >= 0.6 is 11.8 Å². The zero-order chi connectivity index (χ0) is 21.1. The normalized spacial score (nSPS) is 11.0. The molecule has 0 fully saturated rings. The summed E-state index contributed by atoms with van der Waals surface area (Å²) in [6.45, 7) is 0.225. The summed E-state index contributed by atoms with van der Waals surface area (Å²) in [6, 6.07) is 18.1. The number of rotatable bonds is 7. The Morgan fingerprint density at radius 1 is 1.13 bits per heavy atom. The van der Waals surface area contributed by atoms with E-state index in [9.17, 15) is 14.9 Å². The smallest absolute Gasteiger partial charge is 0.284 e. The van der Waals surface area contributed by atoms with E-state index in [0.717, 1.165) is 28.2 Å². The summed E-state index contributed by atoms with van der Waals surface area (Å²) < 4.78 is 7.12. The molecule has 0 aliphatic heterocycles. The van der Waals surface area contributed by atoms with Crippen molar-refractivity contribution in [3.05, 3.63) is 82.2 Å². The zero-order valence-electron chi connectivity index (χ0n) is 15.9. The van der Waals surface area contributed by atoms with Gasteiger partial charge in [-0.2, -0.15) is 0 Å². The van der Waals surface area contributed by atoms with Gasteiger partial charge < -0.3 is 4.74 Å². The molecule has 9 heteroatoms. The van der Waals surface area contributed by atoms with Gasteiger partial charge in [0.1, 0.15) is 12.9 Å². The standard InChI is InChI=1S/C21H16N4O4S/c1-29-13-20-22-23-21(30-19-10-9-14(12-26)11-18(19)25(27)28)24(20)17-8-4-6-15-5-2-3-7-16(15)17/h2-12H,13H2,1H3. The molecule has 0 N–H and O–H groups in total. The van der Waals surface area contributed by atoms with Crippen molar-refractivity contribution in [3.63, 3.8) is 0 Å². The minimum atomic E-state index is -0.510. The summed E-state index contributed by atoms with van der Waals surface area (Å²) in [7, 11) is 1.57. The van der Waals surface area contributed by atoms with Gasteiger partial charge in [0, 0.05) is 24.1 Å². The number of ether oxygens (including phenoxy) is 1. The van der Waals surface area contributed by atoms with Crippen LogP contribution in [0.3, 0.4) is 0 Å². The molecule has 0 amide bonds. The molecule has 0 saturated heterocycles. The Balaban J connectivity index is 1.87. The second kappa shape index (κ2) is 8.44. The maximum atomic E-state index is 11.5. The van der Waals surface area contributed by atoms with Crippen LogP contribution in [0.25, 0.3) is 16.5 Å². The van der Waals surface area contributed by atoms with Crippen LogP contribution in [0, 0.1) is 10.1 Å². The van der Waals surface area contributed by atoms with Gasteiger partial charge in [0.15, 0.2) is 5.82 Å². The van der Waals surface area contributed by atoms with Crippen LogP contribution in [0.4, 0.5) is 5.69 Å². The highest BCUT2D eigenvalue weighted by atomic mass is 32.2. The molecule has 0 aliphatic carbocycles. The molecule has 4 rings (SSSR count). The maximum Gasteiger partial charge on any atom is 0.284 e. The molecular formula is C21H16N4O4S. The lowest BCUT2D eigenvalue weighted by molar-refractivity contribution is -0.387. The van der Waals surface area contributed by atoms with Crippen LogP contribution < -0.4 is 0 Å². The van der Waals surface area contributed by atoms with E-state index in [1.54, 1.807) is 13.2 Å². The van der Waals surface area contributed by atoms with Gasteiger partial charge in [-0.3, -0.25) is 19.5 Å². The first-order valence-corrected chi connectivity index (χ1v) is 9.77. The first-order chi connectivity index (χ1) is 14.6. The lowest BCUT2D eigenvalue weighted by atomic mass is 10.1. The number of nitro benzene ring substituents is 1. The van der Waals surface area contributed by atoms with Crippen molar-refractivity contribution < 1.29 is 14.5 Å². The molecule has 0 aliphatic rings. The van der Waals surface area contributed by atoms with E-state index in [1.807, 2.05) is 47.0 Å². The van der Waals surface area contributed by atoms with Crippen molar-refractivity contribution in [2.45, 2.75) is 16.7 Å². The number of nitrogens with zero attached hydrogens (tertiary/aromatic N) is 4. The topological polar surface area (TPSA) is 100 Å². The lowest BCUT2D eigenvalue weighted by Crippen LogP contribution is -2.05. The number of aromatic nitrogens is 3. The van der Waals surface area contributed by atoms with E-state index in [-0.39, 0.29) is 17.9 Å². The molecule has 0 saturated carbocycles. The molecule has 1 aromatic heterocycles. The summed E-state index contributed by atoms with van der Waals surface area (Å²) in [6.07, 6.45) is 0.580. The van der Waals surface area contributed by atoms with Gasteiger partial charge in [-0.25, -0.2) is 0 Å². The number of nitro groups is 1. The second-order valence-corrected chi connectivity index (χ2v) is 7.38. The number of hydrogen-bond acceptors (Lipinski definition) is 7. The quantitative estimate of drug-likeness (QED) is 0.247. The molecule has 0 atom stereocenters. The molecular weight excluding hydrogens is 404 g/mol. The monoisotopic (exact) mass is 420 g/mol. The average Bonchev–Trinajstić information content (AvgIpc) is 3.15. The molecule has 8 nitrogen and oxygen atoms in total. The third-order valence-corrected chi connectivity index (χ3v) is 5.51. The minimum absolute atomic E-state index is 0.162. The van der Waals surface area contributed by atoms with Crippen molar-refractivity contribution in [3.8, 4) is 5.69 Å². The van der Waals surface area contributed by atoms with E-state index in [0.29, 0.717) is 22.2 Å². The molecule has 1 heterocycles. The number of carbonyl (C=O) groups is 1. The van der Waals surface area contributed by atoms with Gasteiger partial charge in [-0.1, -0.05) is 42.5 Å². The Bertz CT molecular complexity index is 1250. The number of benzene rings is 3. The third kappa shape index (κ3) is 3.68. The Kier molecular flexibility index (Phi) is 5.55. The summed E-state index contributed by atoms with van der Waals surface area (Å²) in [5.41, 5.74) is 0.923. The Morgan fingerprint density at radius 2 is 1.93 bits per heavy atom. The predicted octanol–water partition coefficient (Wildman–Crippen LogP) is 4.44. The van der Waals surface area contributed by atoms with Gasteiger partial charge in [0.05, 0.1) is 15.5 Å². The van der Waals surface area contributed by atoms with Crippen molar-refractivity contribution in [2.24, 2.45) is 0 Å². The van der Waals surface area contributed by atoms with Crippen molar-refractivity contribution >= 4 is 34.5 Å². The first kappa shape index (κ1) is 19.7. The van der Waals surface area contributed by atoms with Crippen LogP contribution in [-0.4, -0.2) is 33.1 Å². The molecule has 0 bridgehead atoms. The SMILES string of the molecule is COCc1nnc(Sc2ccc(C=O)cc2[N+](=O)[O-])n1-c1cccc2ccccc12. The number of carbonyl (C=O) groups excluding carboxylic acids is 1. The molecule has 150 valence electrons. The van der Waals surface area contributed by atoms with Crippen molar-refractivity contribution in [1.82, 2.24) is 14.8 Å². The number of aldehydes is 1. The second-order valence-electron chi connectivity index (χ2n) is 6.37. The highest BCUT2D eigenvalue weighted by molar-refractivity contribution is 7.99. The fourth-order valence-electron chi connectivity index (χ4n) is 3.17. The first-order valence-electron chi connectivity index (χ1n) is 8.95. The molecule has 30 heavy (non-hydrogen) atoms. The van der Waals surface area contributed by atoms with E-state index >= 15 is 0 Å². The molecule has 0 spiro atoms. The molecule has 0 radical (unpaired) electrons. The maximum absolute atomic E-state index is 11.5. The highest BCUT2D eigenvalue weighted by Crippen LogP contribution is 2.37. The minimum Gasteiger partial charge on any atom is -0.377 e. The van der Waals surface area contributed by atoms with Crippen LogP contribution in [0.5, 0.6) is 0 Å². The summed E-state index contributed by atoms with van der Waals surface area (Å²) in [5, 5.41) is 22.5. The third-order valence-electron chi connectivity index (χ3n) is 4.50. The van der Waals surface area contributed by atoms with Crippen LogP contribution in [0.1, 0.15) is 16.2 Å². The van der Waals surface area contributed by atoms with E-state index in [1.165, 1.54) is 12.1 Å². The highest BCUT2D eigenvalue weighted by Gasteiger charge is 2.22. The van der Waals surface area contributed by atoms with Gasteiger partial charge in [-0.15, -0.1) is 10.2 Å². The summed E-state index contributed by atoms with van der Waals surface area (Å²) >= 11 is 1.11. The molecule has 0 unspecified atom stereocenters. The summed E-state index contributed by atoms with van der Waals surface area (Å²) in [4.78, 5) is 22.4. The van der Waals surface area contributed by atoms with Gasteiger partial charge in [0.2, 0.25) is 5.16 Å². The molecule has 3 aromatic carbocycles.